The Morgan fingerprint density at radius 1 is 1.12 bits per heavy atom. The van der Waals surface area contributed by atoms with Crippen molar-refractivity contribution in [3.8, 4) is 11.5 Å². The number of benzene rings is 2. The van der Waals surface area contributed by atoms with Gasteiger partial charge < -0.3 is 14.6 Å². The van der Waals surface area contributed by atoms with E-state index in [0.717, 1.165) is 17.7 Å². The van der Waals surface area contributed by atoms with Gasteiger partial charge in [-0.2, -0.15) is 0 Å². The fourth-order valence-corrected chi connectivity index (χ4v) is 2.98. The van der Waals surface area contributed by atoms with Crippen LogP contribution < -0.4 is 9.47 Å². The van der Waals surface area contributed by atoms with E-state index in [1.54, 1.807) is 31.4 Å². The number of halogens is 1. The zero-order valence-corrected chi connectivity index (χ0v) is 16.5. The highest BCUT2D eigenvalue weighted by atomic mass is 79.9. The molecule has 1 atom stereocenters. The van der Waals surface area contributed by atoms with Crippen molar-refractivity contribution in [1.82, 2.24) is 0 Å². The third kappa shape index (κ3) is 4.43. The first-order valence-electron chi connectivity index (χ1n) is 8.23. The quantitative estimate of drug-likeness (QED) is 0.386. The zero-order chi connectivity index (χ0) is 19.3. The van der Waals surface area contributed by atoms with Crippen LogP contribution in [0.4, 0.5) is 0 Å². The van der Waals surface area contributed by atoms with Crippen molar-refractivity contribution < 1.29 is 24.2 Å². The van der Waals surface area contributed by atoms with E-state index >= 15 is 0 Å². The number of rotatable bonds is 7. The fraction of sp³-hybridized carbons (Fsp3) is 0.300. The fourth-order valence-electron chi connectivity index (χ4n) is 2.52. The van der Waals surface area contributed by atoms with E-state index in [4.69, 9.17) is 14.6 Å². The summed E-state index contributed by atoms with van der Waals surface area (Å²) in [6, 6.07) is 9.61. The van der Waals surface area contributed by atoms with E-state index in [-0.39, 0.29) is 17.2 Å². The number of carbonyl (C=O) groups is 2. The van der Waals surface area contributed by atoms with Crippen LogP contribution in [0.2, 0.25) is 0 Å². The van der Waals surface area contributed by atoms with E-state index in [9.17, 15) is 9.59 Å². The molecule has 0 radical (unpaired) electrons. The molecule has 0 fully saturated rings. The molecule has 0 bridgehead atoms. The molecule has 26 heavy (non-hydrogen) atoms. The van der Waals surface area contributed by atoms with Crippen LogP contribution in [0.15, 0.2) is 36.4 Å². The number of ether oxygens (including phenoxy) is 2. The Balaban J connectivity index is 2.36. The zero-order valence-electron chi connectivity index (χ0n) is 14.9. The second-order valence-electron chi connectivity index (χ2n) is 5.92. The molecule has 0 amide bonds. The Morgan fingerprint density at radius 2 is 1.81 bits per heavy atom. The van der Waals surface area contributed by atoms with Gasteiger partial charge in [-0.3, -0.25) is 0 Å². The molecular weight excluding hydrogens is 400 g/mol. The van der Waals surface area contributed by atoms with Gasteiger partial charge in [0, 0.05) is 10.9 Å². The lowest BCUT2D eigenvalue weighted by molar-refractivity contribution is 0.0687. The van der Waals surface area contributed by atoms with Gasteiger partial charge >= 0.3 is 11.9 Å². The van der Waals surface area contributed by atoms with Crippen LogP contribution in [0.5, 0.6) is 11.5 Å². The number of methoxy groups -OCH3 is 1. The summed E-state index contributed by atoms with van der Waals surface area (Å²) in [5.41, 5.74) is 2.08. The maximum absolute atomic E-state index is 12.6. The van der Waals surface area contributed by atoms with Crippen LogP contribution in [0.25, 0.3) is 0 Å². The second kappa shape index (κ2) is 8.85. The van der Waals surface area contributed by atoms with Crippen LogP contribution in [-0.4, -0.2) is 24.2 Å². The molecule has 0 aliphatic heterocycles. The molecule has 2 aromatic carbocycles. The molecule has 2 rings (SSSR count). The van der Waals surface area contributed by atoms with Gasteiger partial charge in [-0.15, -0.1) is 0 Å². The minimum absolute atomic E-state index is 0.0625. The number of alkyl halides is 1. The molecule has 1 unspecified atom stereocenters. The average molecular weight is 421 g/mol. The lowest BCUT2D eigenvalue weighted by Crippen LogP contribution is -2.11. The molecule has 0 saturated carbocycles. The first kappa shape index (κ1) is 20.0. The van der Waals surface area contributed by atoms with Crippen molar-refractivity contribution in [3.63, 3.8) is 0 Å². The maximum atomic E-state index is 12.6. The lowest BCUT2D eigenvalue weighted by Gasteiger charge is -2.15. The summed E-state index contributed by atoms with van der Waals surface area (Å²) in [4.78, 5) is 23.8. The molecule has 0 spiro atoms. The van der Waals surface area contributed by atoms with Crippen LogP contribution in [0.3, 0.4) is 0 Å². The minimum atomic E-state index is -1.08. The highest BCUT2D eigenvalue weighted by Gasteiger charge is 2.17. The summed E-state index contributed by atoms with van der Waals surface area (Å²) in [5, 5.41) is 9.58. The number of aromatic carboxylic acids is 1. The molecule has 2 aromatic rings. The van der Waals surface area contributed by atoms with Crippen molar-refractivity contribution in [1.29, 1.82) is 0 Å². The summed E-state index contributed by atoms with van der Waals surface area (Å²) in [6.45, 7) is 4.13. The Labute approximate surface area is 161 Å². The number of esters is 1. The van der Waals surface area contributed by atoms with Crippen molar-refractivity contribution >= 4 is 27.9 Å². The first-order valence-corrected chi connectivity index (χ1v) is 9.35. The van der Waals surface area contributed by atoms with Gasteiger partial charge in [0.2, 0.25) is 0 Å². The van der Waals surface area contributed by atoms with Crippen LogP contribution in [0.1, 0.15) is 58.0 Å². The van der Waals surface area contributed by atoms with Gasteiger partial charge in [-0.1, -0.05) is 35.8 Å². The summed E-state index contributed by atoms with van der Waals surface area (Å²) in [5.74, 6) is -0.433. The summed E-state index contributed by atoms with van der Waals surface area (Å²) in [6.07, 6.45) is 0.906. The Hall–Kier alpha value is -2.34. The Morgan fingerprint density at radius 3 is 2.38 bits per heavy atom. The first-order chi connectivity index (χ1) is 12.4. The third-order valence-corrected chi connectivity index (χ3v) is 4.87. The summed E-state index contributed by atoms with van der Waals surface area (Å²) >= 11 is 3.32. The minimum Gasteiger partial charge on any atom is -0.496 e. The van der Waals surface area contributed by atoms with Crippen LogP contribution in [0, 0.1) is 0 Å². The number of carboxylic acids is 1. The monoisotopic (exact) mass is 420 g/mol. The van der Waals surface area contributed by atoms with Crippen molar-refractivity contribution in [2.24, 2.45) is 0 Å². The average Bonchev–Trinajstić information content (AvgIpc) is 2.66. The summed E-state index contributed by atoms with van der Waals surface area (Å²) in [7, 11) is 1.60. The smallest absolute Gasteiger partial charge is 0.343 e. The predicted octanol–water partition coefficient (Wildman–Crippen LogP) is 5.02. The van der Waals surface area contributed by atoms with E-state index < -0.39 is 11.9 Å². The highest BCUT2D eigenvalue weighted by molar-refractivity contribution is 9.08. The number of carboxylic acid groups (broad SMARTS) is 1. The van der Waals surface area contributed by atoms with Gasteiger partial charge in [-0.05, 0) is 48.2 Å². The van der Waals surface area contributed by atoms with Crippen LogP contribution >= 0.6 is 15.9 Å². The number of carbonyl (C=O) groups excluding carboxylic acids is 1. The Bertz CT molecular complexity index is 816. The van der Waals surface area contributed by atoms with Gasteiger partial charge in [0.1, 0.15) is 11.5 Å². The topological polar surface area (TPSA) is 72.8 Å². The SMILES string of the molecule is CCC(C)c1cc(C(=O)Oc2cc(C(=O)O)ccc2CBr)ccc1OC. The normalized spacial score (nSPS) is 11.7. The summed E-state index contributed by atoms with van der Waals surface area (Å²) < 4.78 is 10.9. The predicted molar refractivity (Wildman–Crippen MR) is 103 cm³/mol. The lowest BCUT2D eigenvalue weighted by atomic mass is 9.96. The van der Waals surface area contributed by atoms with Gasteiger partial charge in [0.05, 0.1) is 18.2 Å². The molecule has 0 aliphatic carbocycles. The maximum Gasteiger partial charge on any atom is 0.343 e. The van der Waals surface area contributed by atoms with E-state index in [0.29, 0.717) is 16.5 Å². The highest BCUT2D eigenvalue weighted by Crippen LogP contribution is 2.30. The molecule has 1 N–H and O–H groups in total. The molecule has 0 aliphatic rings. The van der Waals surface area contributed by atoms with Crippen molar-refractivity contribution in [2.75, 3.05) is 7.11 Å². The number of hydrogen-bond acceptors (Lipinski definition) is 4. The Kier molecular flexibility index (Phi) is 6.80. The molecule has 0 heterocycles. The van der Waals surface area contributed by atoms with Crippen molar-refractivity contribution in [3.05, 3.63) is 58.7 Å². The van der Waals surface area contributed by atoms with E-state index in [2.05, 4.69) is 29.8 Å². The van der Waals surface area contributed by atoms with Gasteiger partial charge in [0.15, 0.2) is 0 Å². The van der Waals surface area contributed by atoms with Gasteiger partial charge in [0.25, 0.3) is 0 Å². The van der Waals surface area contributed by atoms with E-state index in [1.165, 1.54) is 12.1 Å². The third-order valence-electron chi connectivity index (χ3n) is 4.27. The molecule has 138 valence electrons. The van der Waals surface area contributed by atoms with Crippen LogP contribution in [-0.2, 0) is 5.33 Å². The van der Waals surface area contributed by atoms with Crippen molar-refractivity contribution in [2.45, 2.75) is 31.5 Å². The molecule has 6 heteroatoms. The standard InChI is InChI=1S/C20H21BrO5/c1-4-12(2)16-9-14(7-8-17(16)25-3)20(24)26-18-10-13(19(22)23)5-6-15(18)11-21/h5-10,12H,4,11H2,1-3H3,(H,22,23). The molecular formula is C20H21BrO5. The van der Waals surface area contributed by atoms with Gasteiger partial charge in [-0.25, -0.2) is 9.59 Å². The number of hydrogen-bond donors (Lipinski definition) is 1. The molecule has 0 saturated heterocycles. The van der Waals surface area contributed by atoms with E-state index in [1.807, 2.05) is 0 Å². The molecule has 0 aromatic heterocycles. The largest absolute Gasteiger partial charge is 0.496 e. The molecule has 5 nitrogen and oxygen atoms in total. The second-order valence-corrected chi connectivity index (χ2v) is 6.48.